The number of ether oxygens (including phenoxy) is 2. The summed E-state index contributed by atoms with van der Waals surface area (Å²) in [6.07, 6.45) is -28.0. The molecule has 0 aliphatic rings. The summed E-state index contributed by atoms with van der Waals surface area (Å²) in [7, 11) is 0. The predicted octanol–water partition coefficient (Wildman–Crippen LogP) is 9.53. The van der Waals surface area contributed by atoms with Crippen molar-refractivity contribution in [2.45, 2.75) is 30.9 Å². The van der Waals surface area contributed by atoms with Crippen molar-refractivity contribution in [1.29, 1.82) is 0 Å². The largest absolute Gasteiger partial charge is 0.456 e. The second kappa shape index (κ2) is 10.3. The molecule has 230 valence electrons. The van der Waals surface area contributed by atoms with Gasteiger partial charge in [-0.15, -0.1) is 0 Å². The fraction of sp³-hybridized carbons (Fsp3) is 0.217. The van der Waals surface area contributed by atoms with Crippen LogP contribution >= 0.6 is 0 Å². The summed E-state index contributed by atoms with van der Waals surface area (Å²) in [6.45, 7) is 0. The summed E-state index contributed by atoms with van der Waals surface area (Å²) in [5.74, 6) is -6.55. The summed E-state index contributed by atoms with van der Waals surface area (Å²) < 4.78 is 212. The molecule has 0 radical (unpaired) electrons. The minimum atomic E-state index is -5.72. The third-order valence-electron chi connectivity index (χ3n) is 5.30. The molecule has 0 aliphatic carbocycles. The van der Waals surface area contributed by atoms with Gasteiger partial charge in [-0.25, -0.2) is 0 Å². The van der Waals surface area contributed by atoms with Gasteiger partial charge in [0.1, 0.15) is 39.7 Å². The molecule has 0 amide bonds. The van der Waals surface area contributed by atoms with Gasteiger partial charge in [-0.05, 0) is 36.4 Å². The van der Waals surface area contributed by atoms with Crippen LogP contribution in [0.1, 0.15) is 27.8 Å². The highest BCUT2D eigenvalue weighted by molar-refractivity contribution is 5.65. The van der Waals surface area contributed by atoms with Crippen LogP contribution in [0.4, 0.5) is 77.2 Å². The number of nitrogen functional groups attached to an aromatic ring is 2. The maximum absolute atomic E-state index is 14.0. The minimum Gasteiger partial charge on any atom is -0.456 e. The maximum Gasteiger partial charge on any atom is 0.423 e. The molecule has 3 aromatic carbocycles. The molecule has 3 aromatic rings. The van der Waals surface area contributed by atoms with Gasteiger partial charge >= 0.3 is 30.9 Å². The number of benzene rings is 3. The Labute approximate surface area is 223 Å². The summed E-state index contributed by atoms with van der Waals surface area (Å²) in [5, 5.41) is 0. The highest BCUT2D eigenvalue weighted by Gasteiger charge is 2.46. The molecule has 0 spiro atoms. The van der Waals surface area contributed by atoms with Crippen molar-refractivity contribution in [2.75, 3.05) is 11.5 Å². The number of rotatable bonds is 4. The van der Waals surface area contributed by atoms with E-state index in [0.29, 0.717) is 18.2 Å². The Morgan fingerprint density at radius 2 is 0.667 bits per heavy atom. The van der Waals surface area contributed by atoms with Crippen LogP contribution in [0.2, 0.25) is 0 Å². The van der Waals surface area contributed by atoms with Gasteiger partial charge in [-0.1, -0.05) is 6.07 Å². The van der Waals surface area contributed by atoms with E-state index < -0.39 is 93.1 Å². The van der Waals surface area contributed by atoms with Gasteiger partial charge < -0.3 is 20.9 Å². The van der Waals surface area contributed by atoms with E-state index in [1.165, 1.54) is 0 Å². The van der Waals surface area contributed by atoms with Gasteiger partial charge in [-0.2, -0.15) is 65.9 Å². The molecular formula is C23H11F15N2O2. The Bertz CT molecular complexity index is 1380. The average Bonchev–Trinajstić information content (AvgIpc) is 2.75. The molecule has 0 heterocycles. The first kappa shape index (κ1) is 32.3. The van der Waals surface area contributed by atoms with Crippen LogP contribution in [0.3, 0.4) is 0 Å². The normalized spacial score (nSPS) is 13.3. The van der Waals surface area contributed by atoms with E-state index >= 15 is 0 Å². The summed E-state index contributed by atoms with van der Waals surface area (Å²) >= 11 is 0. The lowest BCUT2D eigenvalue weighted by atomic mass is 10.0. The van der Waals surface area contributed by atoms with Crippen molar-refractivity contribution < 1.29 is 75.3 Å². The number of hydrogen-bond donors (Lipinski definition) is 2. The van der Waals surface area contributed by atoms with E-state index in [1.54, 1.807) is 0 Å². The Hall–Kier alpha value is -4.19. The molecular weight excluding hydrogens is 621 g/mol. The van der Waals surface area contributed by atoms with E-state index in [1.807, 2.05) is 0 Å². The highest BCUT2D eigenvalue weighted by Crippen LogP contribution is 2.52. The van der Waals surface area contributed by atoms with Gasteiger partial charge in [0, 0.05) is 0 Å². The fourth-order valence-corrected chi connectivity index (χ4v) is 3.65. The van der Waals surface area contributed by atoms with Crippen molar-refractivity contribution in [3.8, 4) is 23.0 Å². The van der Waals surface area contributed by atoms with Gasteiger partial charge in [0.25, 0.3) is 0 Å². The Morgan fingerprint density at radius 3 is 0.929 bits per heavy atom. The van der Waals surface area contributed by atoms with E-state index in [9.17, 15) is 65.9 Å². The second-order valence-corrected chi connectivity index (χ2v) is 8.12. The number of alkyl halides is 15. The molecule has 0 atom stereocenters. The molecule has 0 unspecified atom stereocenters. The SMILES string of the molecule is Nc1c(C(F)(F)F)ccc(Oc2cccc(Oc3ccc(C(F)(F)F)c(N)c3C(F)(F)F)c2C(F)(F)F)c1C(F)(F)F. The van der Waals surface area contributed by atoms with E-state index in [-0.39, 0.29) is 24.3 Å². The molecule has 3 rings (SSSR count). The monoisotopic (exact) mass is 632 g/mol. The number of nitrogens with two attached hydrogens (primary N) is 2. The van der Waals surface area contributed by atoms with E-state index in [4.69, 9.17) is 11.5 Å². The summed E-state index contributed by atoms with van der Waals surface area (Å²) in [6, 6.07) is 1.23. The lowest BCUT2D eigenvalue weighted by molar-refractivity contribution is -0.144. The highest BCUT2D eigenvalue weighted by atomic mass is 19.4. The Morgan fingerprint density at radius 1 is 0.381 bits per heavy atom. The topological polar surface area (TPSA) is 70.5 Å². The molecule has 4 N–H and O–H groups in total. The average molecular weight is 632 g/mol. The predicted molar refractivity (Wildman–Crippen MR) is 113 cm³/mol. The number of anilines is 2. The minimum absolute atomic E-state index is 0.00795. The molecule has 4 nitrogen and oxygen atoms in total. The summed E-state index contributed by atoms with van der Waals surface area (Å²) in [4.78, 5) is 0. The zero-order chi connectivity index (χ0) is 32.2. The quantitative estimate of drug-likeness (QED) is 0.222. The lowest BCUT2D eigenvalue weighted by Crippen LogP contribution is -2.18. The van der Waals surface area contributed by atoms with Gasteiger partial charge in [-0.3, -0.25) is 0 Å². The van der Waals surface area contributed by atoms with E-state index in [0.717, 1.165) is 0 Å². The second-order valence-electron chi connectivity index (χ2n) is 8.12. The third-order valence-corrected chi connectivity index (χ3v) is 5.30. The van der Waals surface area contributed by atoms with Crippen LogP contribution in [0.25, 0.3) is 0 Å². The van der Waals surface area contributed by atoms with Gasteiger partial charge in [0.15, 0.2) is 0 Å². The zero-order valence-electron chi connectivity index (χ0n) is 19.7. The Kier molecular flexibility index (Phi) is 7.90. The molecule has 19 heteroatoms. The molecule has 0 saturated carbocycles. The first-order valence-electron chi connectivity index (χ1n) is 10.5. The van der Waals surface area contributed by atoms with Crippen LogP contribution in [0.15, 0.2) is 42.5 Å². The maximum atomic E-state index is 14.0. The molecule has 0 bridgehead atoms. The first-order chi connectivity index (χ1) is 18.8. The molecule has 0 fully saturated rings. The van der Waals surface area contributed by atoms with Crippen LogP contribution in [0.5, 0.6) is 23.0 Å². The van der Waals surface area contributed by atoms with Crippen molar-refractivity contribution in [3.63, 3.8) is 0 Å². The number of halogens is 15. The van der Waals surface area contributed by atoms with Gasteiger partial charge in [0.2, 0.25) is 0 Å². The first-order valence-corrected chi connectivity index (χ1v) is 10.5. The standard InChI is InChI=1S/C23H11F15N2O2/c24-19(25,26)8-4-6-12(15(17(8)39)22(33,34)35)41-10-2-1-3-11(14(10)21(30,31)32)42-13-7-5-9(20(27,28)29)18(40)16(13)23(36,37)38/h1-7H,39-40H2. The molecule has 42 heavy (non-hydrogen) atoms. The Balaban J connectivity index is 2.24. The third kappa shape index (κ3) is 6.48. The molecule has 0 aliphatic heterocycles. The van der Waals surface area contributed by atoms with Crippen LogP contribution in [-0.4, -0.2) is 0 Å². The number of hydrogen-bond acceptors (Lipinski definition) is 4. The fourth-order valence-electron chi connectivity index (χ4n) is 3.65. The van der Waals surface area contributed by atoms with Crippen LogP contribution < -0.4 is 20.9 Å². The van der Waals surface area contributed by atoms with Crippen LogP contribution in [-0.2, 0) is 30.9 Å². The van der Waals surface area contributed by atoms with Crippen molar-refractivity contribution in [2.24, 2.45) is 0 Å². The van der Waals surface area contributed by atoms with Crippen molar-refractivity contribution >= 4 is 11.4 Å². The van der Waals surface area contributed by atoms with Crippen molar-refractivity contribution in [3.05, 3.63) is 70.3 Å². The van der Waals surface area contributed by atoms with E-state index in [2.05, 4.69) is 9.47 Å². The summed E-state index contributed by atoms with van der Waals surface area (Å²) in [5.41, 5.74) is -4.74. The zero-order valence-corrected chi connectivity index (χ0v) is 19.7. The van der Waals surface area contributed by atoms with Crippen LogP contribution in [0, 0.1) is 0 Å². The van der Waals surface area contributed by atoms with Gasteiger partial charge in [0.05, 0.1) is 22.5 Å². The lowest BCUT2D eigenvalue weighted by Gasteiger charge is -2.23. The van der Waals surface area contributed by atoms with Crippen molar-refractivity contribution in [1.82, 2.24) is 0 Å². The molecule has 0 aromatic heterocycles. The molecule has 0 saturated heterocycles. The smallest absolute Gasteiger partial charge is 0.423 e.